The maximum Gasteiger partial charge on any atom is 0.293 e. The molecule has 31 heavy (non-hydrogen) atoms. The third-order valence-corrected chi connectivity index (χ3v) is 6.54. The first-order valence-corrected chi connectivity index (χ1v) is 12.0. The Morgan fingerprint density at radius 1 is 1.13 bits per heavy atom. The number of rotatable bonds is 8. The maximum atomic E-state index is 12.9. The van der Waals surface area contributed by atoms with Crippen LogP contribution in [0.1, 0.15) is 31.4 Å². The number of halogens is 3. The summed E-state index contributed by atoms with van der Waals surface area (Å²) in [5.41, 5.74) is 1.24. The fourth-order valence-corrected chi connectivity index (χ4v) is 4.84. The predicted octanol–water partition coefficient (Wildman–Crippen LogP) is 7.18. The first kappa shape index (κ1) is 24.0. The molecule has 0 saturated carbocycles. The average Bonchev–Trinajstić information content (AvgIpc) is 2.97. The van der Waals surface area contributed by atoms with Crippen molar-refractivity contribution in [2.24, 2.45) is 0 Å². The summed E-state index contributed by atoms with van der Waals surface area (Å²) in [6.45, 7) is 4.94. The second-order valence-electron chi connectivity index (χ2n) is 6.58. The molecule has 0 aliphatic carbocycles. The van der Waals surface area contributed by atoms with Crippen LogP contribution in [0.3, 0.4) is 0 Å². The number of carbonyl (C=O) groups is 2. The number of imide groups is 1. The Morgan fingerprint density at radius 2 is 1.84 bits per heavy atom. The van der Waals surface area contributed by atoms with E-state index in [9.17, 15) is 9.59 Å². The van der Waals surface area contributed by atoms with Gasteiger partial charge in [0.05, 0.1) is 29.1 Å². The van der Waals surface area contributed by atoms with Crippen molar-refractivity contribution in [2.45, 2.75) is 26.8 Å². The van der Waals surface area contributed by atoms with Gasteiger partial charge in [-0.25, -0.2) is 0 Å². The van der Waals surface area contributed by atoms with Gasteiger partial charge in [-0.05, 0) is 76.9 Å². The second kappa shape index (κ2) is 10.8. The van der Waals surface area contributed by atoms with Gasteiger partial charge in [0.1, 0.15) is 0 Å². The smallest absolute Gasteiger partial charge is 0.293 e. The fourth-order valence-electron chi connectivity index (χ4n) is 2.91. The van der Waals surface area contributed by atoms with Crippen LogP contribution < -0.4 is 9.47 Å². The Hall–Kier alpha value is -1.67. The zero-order valence-corrected chi connectivity index (χ0v) is 20.8. The van der Waals surface area contributed by atoms with Crippen molar-refractivity contribution in [3.05, 3.63) is 60.9 Å². The van der Waals surface area contributed by atoms with Crippen LogP contribution in [0, 0.1) is 0 Å². The van der Waals surface area contributed by atoms with Crippen LogP contribution in [-0.2, 0) is 11.3 Å². The van der Waals surface area contributed by atoms with Crippen LogP contribution >= 0.6 is 50.9 Å². The summed E-state index contributed by atoms with van der Waals surface area (Å²) in [5, 5.41) is 0.436. The lowest BCUT2D eigenvalue weighted by Gasteiger charge is -2.15. The lowest BCUT2D eigenvalue weighted by Crippen LogP contribution is -2.27. The lowest BCUT2D eigenvalue weighted by atomic mass is 10.1. The molecule has 1 saturated heterocycles. The molecule has 0 atom stereocenters. The SMILES string of the molecule is CCCOc1c(Br)cc(C=C2SC(=O)N(Cc3c(Cl)cccc3Cl)C2=O)cc1OCC. The first-order chi connectivity index (χ1) is 14.8. The van der Waals surface area contributed by atoms with Gasteiger partial charge in [-0.15, -0.1) is 0 Å². The van der Waals surface area contributed by atoms with E-state index in [1.807, 2.05) is 19.9 Å². The van der Waals surface area contributed by atoms with Crippen LogP contribution in [0.25, 0.3) is 6.08 Å². The van der Waals surface area contributed by atoms with Crippen LogP contribution in [0.5, 0.6) is 11.5 Å². The van der Waals surface area contributed by atoms with E-state index < -0.39 is 5.91 Å². The number of carbonyl (C=O) groups excluding carboxylic acids is 2. The Labute approximate surface area is 203 Å². The topological polar surface area (TPSA) is 55.8 Å². The van der Waals surface area contributed by atoms with Gasteiger partial charge < -0.3 is 9.47 Å². The highest BCUT2D eigenvalue weighted by Gasteiger charge is 2.35. The minimum Gasteiger partial charge on any atom is -0.490 e. The second-order valence-corrected chi connectivity index (χ2v) is 9.24. The summed E-state index contributed by atoms with van der Waals surface area (Å²) in [7, 11) is 0. The van der Waals surface area contributed by atoms with E-state index in [1.165, 1.54) is 0 Å². The number of hydrogen-bond acceptors (Lipinski definition) is 5. The van der Waals surface area contributed by atoms with Crippen LogP contribution in [0.4, 0.5) is 4.79 Å². The first-order valence-electron chi connectivity index (χ1n) is 9.63. The van der Waals surface area contributed by atoms with Gasteiger partial charge in [0.15, 0.2) is 11.5 Å². The molecule has 2 aromatic rings. The van der Waals surface area contributed by atoms with E-state index in [2.05, 4.69) is 15.9 Å². The van der Waals surface area contributed by atoms with Crippen molar-refractivity contribution in [3.63, 3.8) is 0 Å². The molecule has 2 aromatic carbocycles. The molecule has 2 amide bonds. The monoisotopic (exact) mass is 543 g/mol. The summed E-state index contributed by atoms with van der Waals surface area (Å²) in [6, 6.07) is 8.67. The van der Waals surface area contributed by atoms with E-state index in [-0.39, 0.29) is 11.8 Å². The third kappa shape index (κ3) is 5.58. The number of hydrogen-bond donors (Lipinski definition) is 0. The molecule has 0 spiro atoms. The van der Waals surface area contributed by atoms with E-state index in [1.54, 1.807) is 30.3 Å². The largest absolute Gasteiger partial charge is 0.490 e. The molecule has 1 heterocycles. The molecule has 0 aromatic heterocycles. The Morgan fingerprint density at radius 3 is 2.48 bits per heavy atom. The van der Waals surface area contributed by atoms with Gasteiger partial charge in [0.25, 0.3) is 11.1 Å². The van der Waals surface area contributed by atoms with Gasteiger partial charge in [-0.1, -0.05) is 36.2 Å². The van der Waals surface area contributed by atoms with Crippen molar-refractivity contribution in [1.82, 2.24) is 4.90 Å². The zero-order chi connectivity index (χ0) is 22.5. The molecule has 0 bridgehead atoms. The summed E-state index contributed by atoms with van der Waals surface area (Å²) in [5.74, 6) is 0.785. The van der Waals surface area contributed by atoms with Crippen LogP contribution in [0.2, 0.25) is 10.0 Å². The summed E-state index contributed by atoms with van der Waals surface area (Å²) in [4.78, 5) is 26.9. The zero-order valence-electron chi connectivity index (χ0n) is 16.9. The van der Waals surface area contributed by atoms with Crippen molar-refractivity contribution in [1.29, 1.82) is 0 Å². The molecule has 1 aliphatic heterocycles. The summed E-state index contributed by atoms with van der Waals surface area (Å²) < 4.78 is 12.2. The van der Waals surface area contributed by atoms with E-state index >= 15 is 0 Å². The minimum absolute atomic E-state index is 0.0121. The number of ether oxygens (including phenoxy) is 2. The average molecular weight is 545 g/mol. The predicted molar refractivity (Wildman–Crippen MR) is 129 cm³/mol. The van der Waals surface area contributed by atoms with Gasteiger partial charge in [-0.2, -0.15) is 0 Å². The molecule has 0 N–H and O–H groups in total. The van der Waals surface area contributed by atoms with Gasteiger partial charge in [-0.3, -0.25) is 14.5 Å². The summed E-state index contributed by atoms with van der Waals surface area (Å²) >= 11 is 16.8. The van der Waals surface area contributed by atoms with Crippen molar-refractivity contribution >= 4 is 68.1 Å². The highest BCUT2D eigenvalue weighted by atomic mass is 79.9. The van der Waals surface area contributed by atoms with Gasteiger partial charge in [0, 0.05) is 15.6 Å². The van der Waals surface area contributed by atoms with Crippen LogP contribution in [0.15, 0.2) is 39.7 Å². The molecular weight excluding hydrogens is 525 g/mol. The molecule has 3 rings (SSSR count). The maximum absolute atomic E-state index is 12.9. The normalized spacial score (nSPS) is 15.1. The van der Waals surface area contributed by atoms with Gasteiger partial charge >= 0.3 is 0 Å². The number of amides is 2. The van der Waals surface area contributed by atoms with Crippen LogP contribution in [-0.4, -0.2) is 29.3 Å². The quantitative estimate of drug-likeness (QED) is 0.329. The molecule has 1 fully saturated rings. The van der Waals surface area contributed by atoms with Crippen molar-refractivity contribution in [3.8, 4) is 11.5 Å². The molecule has 0 unspecified atom stereocenters. The molecule has 164 valence electrons. The van der Waals surface area contributed by atoms with E-state index in [0.29, 0.717) is 55.3 Å². The number of benzene rings is 2. The number of thioether (sulfide) groups is 1. The Kier molecular flexibility index (Phi) is 8.33. The third-order valence-electron chi connectivity index (χ3n) is 4.33. The van der Waals surface area contributed by atoms with E-state index in [0.717, 1.165) is 23.1 Å². The molecule has 0 radical (unpaired) electrons. The fraction of sp³-hybridized carbons (Fsp3) is 0.273. The standard InChI is InChI=1S/C22H20BrCl2NO4S/c1-3-8-30-20-15(23)9-13(10-18(20)29-4-2)11-19-21(27)26(22(28)31-19)12-14-16(24)6-5-7-17(14)25/h5-7,9-11H,3-4,8,12H2,1-2H3. The summed E-state index contributed by atoms with van der Waals surface area (Å²) in [6.07, 6.45) is 2.53. The molecule has 9 heteroatoms. The van der Waals surface area contributed by atoms with Gasteiger partial charge in [0.2, 0.25) is 0 Å². The van der Waals surface area contributed by atoms with Crippen molar-refractivity contribution < 1.29 is 19.1 Å². The molecular formula is C22H20BrCl2NO4S. The minimum atomic E-state index is -0.397. The van der Waals surface area contributed by atoms with E-state index in [4.69, 9.17) is 32.7 Å². The van der Waals surface area contributed by atoms with Crippen molar-refractivity contribution in [2.75, 3.05) is 13.2 Å². The molecule has 1 aliphatic rings. The lowest BCUT2D eigenvalue weighted by molar-refractivity contribution is -0.123. The Bertz CT molecular complexity index is 1020. The highest BCUT2D eigenvalue weighted by Crippen LogP contribution is 2.40. The number of nitrogens with zero attached hydrogens (tertiary/aromatic N) is 1. The Balaban J connectivity index is 1.88. The highest BCUT2D eigenvalue weighted by molar-refractivity contribution is 9.10. The molecule has 5 nitrogen and oxygen atoms in total.